The average molecular weight is 227 g/mol. The van der Waals surface area contributed by atoms with Crippen molar-refractivity contribution in [3.63, 3.8) is 0 Å². The first kappa shape index (κ1) is 12.5. The lowest BCUT2D eigenvalue weighted by atomic mass is 10.2. The van der Waals surface area contributed by atoms with Gasteiger partial charge < -0.3 is 10.6 Å². The van der Waals surface area contributed by atoms with Gasteiger partial charge in [-0.1, -0.05) is 19.8 Å². The Kier molecular flexibility index (Phi) is 4.75. The molecule has 0 radical (unpaired) electrons. The number of carbonyl (C=O) groups excluding carboxylic acids is 3. The van der Waals surface area contributed by atoms with Gasteiger partial charge >= 0.3 is 17.8 Å². The molecule has 1 aliphatic heterocycles. The summed E-state index contributed by atoms with van der Waals surface area (Å²) in [5.74, 6) is -1.49. The highest BCUT2D eigenvalue weighted by atomic mass is 16.2. The zero-order valence-electron chi connectivity index (χ0n) is 9.41. The van der Waals surface area contributed by atoms with Gasteiger partial charge in [-0.3, -0.25) is 14.5 Å². The molecule has 1 aliphatic rings. The third kappa shape index (κ3) is 3.22. The minimum absolute atomic E-state index is 0.240. The lowest BCUT2D eigenvalue weighted by Crippen LogP contribution is -2.56. The van der Waals surface area contributed by atoms with Crippen molar-refractivity contribution < 1.29 is 14.4 Å². The Morgan fingerprint density at radius 1 is 1.44 bits per heavy atom. The molecule has 0 atom stereocenters. The summed E-state index contributed by atoms with van der Waals surface area (Å²) >= 11 is 0. The van der Waals surface area contributed by atoms with Crippen LogP contribution in [0.1, 0.15) is 26.2 Å². The van der Waals surface area contributed by atoms with Gasteiger partial charge in [0.1, 0.15) is 0 Å². The van der Waals surface area contributed by atoms with Crippen molar-refractivity contribution in [2.75, 3.05) is 19.6 Å². The number of unbranched alkanes of at least 4 members (excludes halogenated alkanes) is 2. The van der Waals surface area contributed by atoms with Crippen molar-refractivity contribution in [2.45, 2.75) is 26.2 Å². The Morgan fingerprint density at radius 3 is 2.88 bits per heavy atom. The molecular formula is C10H17N3O3. The summed E-state index contributed by atoms with van der Waals surface area (Å²) in [6.07, 6.45) is 2.99. The lowest BCUT2D eigenvalue weighted by Gasteiger charge is -2.24. The summed E-state index contributed by atoms with van der Waals surface area (Å²) in [5.41, 5.74) is 0. The monoisotopic (exact) mass is 227 g/mol. The number of nitrogens with zero attached hydrogens (tertiary/aromatic N) is 1. The number of amides is 4. The zero-order valence-corrected chi connectivity index (χ0v) is 9.41. The molecule has 4 amide bonds. The van der Waals surface area contributed by atoms with Gasteiger partial charge in [0.25, 0.3) is 0 Å². The molecule has 0 aromatic carbocycles. The van der Waals surface area contributed by atoms with Gasteiger partial charge in [0.15, 0.2) is 0 Å². The molecule has 6 heteroatoms. The first-order valence-corrected chi connectivity index (χ1v) is 5.54. The number of hydrogen-bond acceptors (Lipinski definition) is 3. The molecule has 90 valence electrons. The van der Waals surface area contributed by atoms with E-state index in [2.05, 4.69) is 17.6 Å². The fourth-order valence-corrected chi connectivity index (χ4v) is 1.44. The summed E-state index contributed by atoms with van der Waals surface area (Å²) in [6, 6.07) is -0.476. The molecule has 1 fully saturated rings. The van der Waals surface area contributed by atoms with Gasteiger partial charge in [0.05, 0.1) is 0 Å². The lowest BCUT2D eigenvalue weighted by molar-refractivity contribution is -0.145. The van der Waals surface area contributed by atoms with Gasteiger partial charge in [0, 0.05) is 19.6 Å². The van der Waals surface area contributed by atoms with Crippen molar-refractivity contribution in [1.29, 1.82) is 0 Å². The molecule has 0 bridgehead atoms. The van der Waals surface area contributed by atoms with Crippen LogP contribution in [0, 0.1) is 0 Å². The Balaban J connectivity index is 2.35. The highest BCUT2D eigenvalue weighted by Gasteiger charge is 2.30. The van der Waals surface area contributed by atoms with Crippen LogP contribution < -0.4 is 10.6 Å². The minimum Gasteiger partial charge on any atom is -0.346 e. The van der Waals surface area contributed by atoms with Crippen LogP contribution >= 0.6 is 0 Å². The molecule has 0 saturated carbocycles. The molecule has 0 aromatic heterocycles. The molecule has 16 heavy (non-hydrogen) atoms. The molecule has 1 saturated heterocycles. The number of carbonyl (C=O) groups is 3. The third-order valence-electron chi connectivity index (χ3n) is 2.36. The smallest absolute Gasteiger partial charge is 0.324 e. The first-order chi connectivity index (χ1) is 7.66. The summed E-state index contributed by atoms with van der Waals surface area (Å²) in [7, 11) is 0. The van der Waals surface area contributed by atoms with E-state index < -0.39 is 17.8 Å². The number of piperazine rings is 1. The predicted octanol–water partition coefficient (Wildman–Crippen LogP) is -0.155. The second-order valence-corrected chi connectivity index (χ2v) is 3.65. The van der Waals surface area contributed by atoms with Crippen LogP contribution in [0.3, 0.4) is 0 Å². The molecule has 1 heterocycles. The van der Waals surface area contributed by atoms with Crippen LogP contribution in [0.4, 0.5) is 4.79 Å². The second kappa shape index (κ2) is 6.09. The van der Waals surface area contributed by atoms with Crippen LogP contribution in [0.25, 0.3) is 0 Å². The Bertz CT molecular complexity index is 291. The van der Waals surface area contributed by atoms with Gasteiger partial charge in [-0.15, -0.1) is 0 Å². The number of urea groups is 1. The van der Waals surface area contributed by atoms with E-state index >= 15 is 0 Å². The van der Waals surface area contributed by atoms with Crippen LogP contribution in [0.2, 0.25) is 0 Å². The van der Waals surface area contributed by atoms with Crippen molar-refractivity contribution in [1.82, 2.24) is 15.5 Å². The molecule has 0 spiro atoms. The molecule has 0 aliphatic carbocycles. The van der Waals surface area contributed by atoms with Gasteiger partial charge in [-0.2, -0.15) is 0 Å². The van der Waals surface area contributed by atoms with E-state index in [0.29, 0.717) is 13.1 Å². The van der Waals surface area contributed by atoms with Crippen LogP contribution in [-0.4, -0.2) is 42.4 Å². The Morgan fingerprint density at radius 2 is 2.19 bits per heavy atom. The molecular weight excluding hydrogens is 210 g/mol. The molecule has 0 unspecified atom stereocenters. The van der Waals surface area contributed by atoms with E-state index in [1.807, 2.05) is 0 Å². The number of rotatable bonds is 4. The largest absolute Gasteiger partial charge is 0.346 e. The van der Waals surface area contributed by atoms with E-state index in [4.69, 9.17) is 0 Å². The van der Waals surface area contributed by atoms with Crippen molar-refractivity contribution in [3.05, 3.63) is 0 Å². The first-order valence-electron chi connectivity index (χ1n) is 5.54. The highest BCUT2D eigenvalue weighted by molar-refractivity contribution is 6.38. The topological polar surface area (TPSA) is 78.5 Å². The quantitative estimate of drug-likeness (QED) is 0.517. The van der Waals surface area contributed by atoms with E-state index in [1.54, 1.807) is 0 Å². The molecule has 0 aromatic rings. The standard InChI is InChI=1S/C10H17N3O3/c1-2-3-4-5-12-10(16)13-7-6-11-8(14)9(13)15/h2-7H2,1H3,(H,11,14)(H,12,16). The van der Waals surface area contributed by atoms with Gasteiger partial charge in [-0.05, 0) is 6.42 Å². The maximum absolute atomic E-state index is 11.5. The molecule has 2 N–H and O–H groups in total. The second-order valence-electron chi connectivity index (χ2n) is 3.65. The van der Waals surface area contributed by atoms with E-state index in [-0.39, 0.29) is 6.54 Å². The summed E-state index contributed by atoms with van der Waals surface area (Å²) in [6.45, 7) is 3.18. The zero-order chi connectivity index (χ0) is 12.0. The average Bonchev–Trinajstić information content (AvgIpc) is 2.28. The van der Waals surface area contributed by atoms with E-state index in [0.717, 1.165) is 24.2 Å². The highest BCUT2D eigenvalue weighted by Crippen LogP contribution is 1.97. The fraction of sp³-hybridized carbons (Fsp3) is 0.700. The maximum atomic E-state index is 11.5. The summed E-state index contributed by atoms with van der Waals surface area (Å²) in [5, 5.41) is 5.01. The SMILES string of the molecule is CCCCCNC(=O)N1CCNC(=O)C1=O. The maximum Gasteiger partial charge on any atom is 0.324 e. The minimum atomic E-state index is -0.778. The van der Waals surface area contributed by atoms with Crippen LogP contribution in [-0.2, 0) is 9.59 Å². The van der Waals surface area contributed by atoms with Crippen molar-refractivity contribution in [3.8, 4) is 0 Å². The summed E-state index contributed by atoms with van der Waals surface area (Å²) in [4.78, 5) is 34.8. The molecule has 1 rings (SSSR count). The number of imide groups is 1. The Labute approximate surface area is 94.4 Å². The third-order valence-corrected chi connectivity index (χ3v) is 2.36. The number of hydrogen-bond donors (Lipinski definition) is 2. The number of nitrogens with one attached hydrogen (secondary N) is 2. The summed E-state index contributed by atoms with van der Waals surface area (Å²) < 4.78 is 0. The predicted molar refractivity (Wildman–Crippen MR) is 57.6 cm³/mol. The van der Waals surface area contributed by atoms with Crippen LogP contribution in [0.5, 0.6) is 0 Å². The van der Waals surface area contributed by atoms with Crippen LogP contribution in [0.15, 0.2) is 0 Å². The van der Waals surface area contributed by atoms with E-state index in [1.165, 1.54) is 0 Å². The van der Waals surface area contributed by atoms with E-state index in [9.17, 15) is 14.4 Å². The molecule has 6 nitrogen and oxygen atoms in total. The Hall–Kier alpha value is -1.59. The van der Waals surface area contributed by atoms with Crippen molar-refractivity contribution >= 4 is 17.8 Å². The van der Waals surface area contributed by atoms with Crippen molar-refractivity contribution in [2.24, 2.45) is 0 Å². The fourth-order valence-electron chi connectivity index (χ4n) is 1.44. The normalized spacial score (nSPS) is 15.9. The van der Waals surface area contributed by atoms with Gasteiger partial charge in [-0.25, -0.2) is 4.79 Å². The van der Waals surface area contributed by atoms with Gasteiger partial charge in [0.2, 0.25) is 0 Å².